The molecule has 1 N–H and O–H groups in total. The molecule has 0 aliphatic carbocycles. The van der Waals surface area contributed by atoms with Gasteiger partial charge in [0.1, 0.15) is 10.7 Å². The summed E-state index contributed by atoms with van der Waals surface area (Å²) in [5.74, 6) is 0.829. The van der Waals surface area contributed by atoms with Crippen molar-refractivity contribution >= 4 is 21.6 Å². The van der Waals surface area contributed by atoms with Gasteiger partial charge in [-0.1, -0.05) is 37.3 Å². The van der Waals surface area contributed by atoms with E-state index < -0.39 is 0 Å². The Balaban J connectivity index is 2.01. The van der Waals surface area contributed by atoms with Gasteiger partial charge in [0.2, 0.25) is 0 Å². The Hall–Kier alpha value is -2.02. The Morgan fingerprint density at radius 1 is 1.23 bits per heavy atom. The lowest BCUT2D eigenvalue weighted by Gasteiger charge is -2.22. The van der Waals surface area contributed by atoms with E-state index in [-0.39, 0.29) is 11.6 Å². The molecule has 3 rings (SSSR count). The number of rotatable bonds is 8. The van der Waals surface area contributed by atoms with E-state index in [0.29, 0.717) is 11.9 Å². The van der Waals surface area contributed by atoms with Crippen molar-refractivity contribution in [2.75, 3.05) is 27.2 Å². The van der Waals surface area contributed by atoms with E-state index in [9.17, 15) is 4.79 Å². The number of hydrogen-bond donors (Lipinski definition) is 1. The first-order valence-corrected chi connectivity index (χ1v) is 9.88. The van der Waals surface area contributed by atoms with Crippen LogP contribution >= 0.6 is 11.3 Å². The van der Waals surface area contributed by atoms with Gasteiger partial charge in [-0.05, 0) is 37.5 Å². The molecule has 26 heavy (non-hydrogen) atoms. The molecule has 0 saturated carbocycles. The van der Waals surface area contributed by atoms with E-state index in [4.69, 9.17) is 4.98 Å². The molecule has 1 aromatic carbocycles. The van der Waals surface area contributed by atoms with Crippen LogP contribution in [0.1, 0.15) is 30.8 Å². The van der Waals surface area contributed by atoms with E-state index >= 15 is 0 Å². The maximum Gasteiger partial charge on any atom is 0.262 e. The van der Waals surface area contributed by atoms with Crippen molar-refractivity contribution in [3.63, 3.8) is 0 Å². The van der Waals surface area contributed by atoms with Crippen LogP contribution in [0.25, 0.3) is 10.2 Å². The highest BCUT2D eigenvalue weighted by molar-refractivity contribution is 7.16. The second-order valence-electron chi connectivity index (χ2n) is 6.70. The van der Waals surface area contributed by atoms with Crippen LogP contribution < -0.4 is 10.9 Å². The van der Waals surface area contributed by atoms with Crippen LogP contribution in [-0.4, -0.2) is 41.6 Å². The second-order valence-corrected chi connectivity index (χ2v) is 7.60. The molecule has 5 nitrogen and oxygen atoms in total. The van der Waals surface area contributed by atoms with E-state index in [1.54, 1.807) is 0 Å². The number of thiophene rings is 1. The van der Waals surface area contributed by atoms with Crippen molar-refractivity contribution in [3.05, 3.63) is 63.5 Å². The van der Waals surface area contributed by atoms with Crippen molar-refractivity contribution in [2.24, 2.45) is 0 Å². The zero-order chi connectivity index (χ0) is 18.5. The molecule has 1 atom stereocenters. The third kappa shape index (κ3) is 4.20. The number of benzene rings is 1. The first kappa shape index (κ1) is 18.8. The standard InChI is InChI=1S/C20H26N4OS/c1-4-17(21-11-12-23(2)3)18-22-19-16(10-13-26-19)20(25)24(18)14-15-8-6-5-7-9-15/h5-10,13,17,21H,4,11-12,14H2,1-3H3. The van der Waals surface area contributed by atoms with Crippen LogP contribution in [0.15, 0.2) is 46.6 Å². The lowest BCUT2D eigenvalue weighted by molar-refractivity contribution is 0.373. The average Bonchev–Trinajstić information content (AvgIpc) is 3.11. The van der Waals surface area contributed by atoms with Gasteiger partial charge in [0.05, 0.1) is 18.0 Å². The first-order chi connectivity index (χ1) is 12.6. The van der Waals surface area contributed by atoms with Crippen LogP contribution in [0.5, 0.6) is 0 Å². The largest absolute Gasteiger partial charge is 0.308 e. The smallest absolute Gasteiger partial charge is 0.262 e. The summed E-state index contributed by atoms with van der Waals surface area (Å²) in [5.41, 5.74) is 1.15. The topological polar surface area (TPSA) is 50.2 Å². The maximum atomic E-state index is 13.1. The van der Waals surface area contributed by atoms with Crippen LogP contribution in [0.3, 0.4) is 0 Å². The molecule has 0 aliphatic rings. The summed E-state index contributed by atoms with van der Waals surface area (Å²) in [6, 6.07) is 12.0. The van der Waals surface area contributed by atoms with E-state index in [2.05, 4.69) is 43.4 Å². The van der Waals surface area contributed by atoms with Crippen LogP contribution in [0.4, 0.5) is 0 Å². The third-order valence-electron chi connectivity index (χ3n) is 4.47. The van der Waals surface area contributed by atoms with Gasteiger partial charge in [-0.25, -0.2) is 4.98 Å². The highest BCUT2D eigenvalue weighted by Gasteiger charge is 2.19. The summed E-state index contributed by atoms with van der Waals surface area (Å²) in [7, 11) is 4.12. The molecule has 6 heteroatoms. The lowest BCUT2D eigenvalue weighted by atomic mass is 10.1. The summed E-state index contributed by atoms with van der Waals surface area (Å²) in [4.78, 5) is 20.9. The normalized spacial score (nSPS) is 12.8. The number of likely N-dealkylation sites (N-methyl/N-ethyl adjacent to an activating group) is 1. The Morgan fingerprint density at radius 3 is 2.69 bits per heavy atom. The van der Waals surface area contributed by atoms with Gasteiger partial charge in [0, 0.05) is 13.1 Å². The van der Waals surface area contributed by atoms with Gasteiger partial charge < -0.3 is 10.2 Å². The highest BCUT2D eigenvalue weighted by Crippen LogP contribution is 2.21. The van der Waals surface area contributed by atoms with E-state index in [1.807, 2.05) is 34.2 Å². The van der Waals surface area contributed by atoms with Gasteiger partial charge in [-0.3, -0.25) is 9.36 Å². The van der Waals surface area contributed by atoms with Gasteiger partial charge >= 0.3 is 0 Å². The zero-order valence-electron chi connectivity index (χ0n) is 15.6. The number of aromatic nitrogens is 2. The fourth-order valence-electron chi connectivity index (χ4n) is 3.03. The minimum Gasteiger partial charge on any atom is -0.308 e. The van der Waals surface area contributed by atoms with Gasteiger partial charge in [0.25, 0.3) is 5.56 Å². The van der Waals surface area contributed by atoms with E-state index in [0.717, 1.165) is 35.7 Å². The Bertz CT molecular complexity index is 901. The minimum atomic E-state index is 0.0444. The Morgan fingerprint density at radius 2 is 2.00 bits per heavy atom. The molecule has 0 saturated heterocycles. The molecule has 0 aliphatic heterocycles. The van der Waals surface area contributed by atoms with Crippen LogP contribution in [0, 0.1) is 0 Å². The molecule has 0 amide bonds. The van der Waals surface area contributed by atoms with Crippen molar-refractivity contribution in [1.82, 2.24) is 19.8 Å². The summed E-state index contributed by atoms with van der Waals surface area (Å²) < 4.78 is 1.83. The molecule has 0 fully saturated rings. The molecule has 0 bridgehead atoms. The van der Waals surface area contributed by atoms with Crippen molar-refractivity contribution in [1.29, 1.82) is 0 Å². The van der Waals surface area contributed by atoms with Crippen LogP contribution in [0.2, 0.25) is 0 Å². The summed E-state index contributed by atoms with van der Waals surface area (Å²) in [6.07, 6.45) is 0.880. The van der Waals surface area contributed by atoms with Gasteiger partial charge in [-0.2, -0.15) is 0 Å². The summed E-state index contributed by atoms with van der Waals surface area (Å²) >= 11 is 1.53. The van der Waals surface area contributed by atoms with Crippen molar-refractivity contribution < 1.29 is 0 Å². The summed E-state index contributed by atoms with van der Waals surface area (Å²) in [6.45, 7) is 4.47. The minimum absolute atomic E-state index is 0.0444. The predicted molar refractivity (Wildman–Crippen MR) is 109 cm³/mol. The van der Waals surface area contributed by atoms with Gasteiger partial charge in [0.15, 0.2) is 0 Å². The van der Waals surface area contributed by atoms with Crippen molar-refractivity contribution in [3.8, 4) is 0 Å². The number of nitrogens with zero attached hydrogens (tertiary/aromatic N) is 3. The number of fused-ring (bicyclic) bond motifs is 1. The Kier molecular flexibility index (Phi) is 6.19. The fraction of sp³-hybridized carbons (Fsp3) is 0.400. The molecular weight excluding hydrogens is 344 g/mol. The maximum absolute atomic E-state index is 13.1. The second kappa shape index (κ2) is 8.58. The molecule has 0 spiro atoms. The number of hydrogen-bond acceptors (Lipinski definition) is 5. The zero-order valence-corrected chi connectivity index (χ0v) is 16.4. The predicted octanol–water partition coefficient (Wildman–Crippen LogP) is 3.11. The molecule has 3 aromatic rings. The van der Waals surface area contributed by atoms with Crippen molar-refractivity contribution in [2.45, 2.75) is 25.9 Å². The quantitative estimate of drug-likeness (QED) is 0.662. The number of nitrogens with one attached hydrogen (secondary N) is 1. The third-order valence-corrected chi connectivity index (χ3v) is 5.27. The average molecular weight is 371 g/mol. The molecular formula is C20H26N4OS. The molecule has 0 radical (unpaired) electrons. The molecule has 2 aromatic heterocycles. The molecule has 138 valence electrons. The molecule has 2 heterocycles. The lowest BCUT2D eigenvalue weighted by Crippen LogP contribution is -2.35. The van der Waals surface area contributed by atoms with Crippen LogP contribution in [-0.2, 0) is 6.54 Å². The SMILES string of the molecule is CCC(NCCN(C)C)c1nc2sccc2c(=O)n1Cc1ccccc1. The van der Waals surface area contributed by atoms with E-state index in [1.165, 1.54) is 11.3 Å². The summed E-state index contributed by atoms with van der Waals surface area (Å²) in [5, 5.41) is 6.22. The monoisotopic (exact) mass is 370 g/mol. The first-order valence-electron chi connectivity index (χ1n) is 9.00. The Labute approximate surface area is 158 Å². The fourth-order valence-corrected chi connectivity index (χ4v) is 3.79. The molecule has 1 unspecified atom stereocenters. The van der Waals surface area contributed by atoms with Gasteiger partial charge in [-0.15, -0.1) is 11.3 Å². The highest BCUT2D eigenvalue weighted by atomic mass is 32.1.